The number of aromatic nitrogens is 1. The molecule has 0 aromatic carbocycles. The lowest BCUT2D eigenvalue weighted by Gasteiger charge is -2.17. The Kier molecular flexibility index (Phi) is 1.75. The first-order valence-electron chi connectivity index (χ1n) is 3.51. The third-order valence-electron chi connectivity index (χ3n) is 1.55. The van der Waals surface area contributed by atoms with Crippen molar-refractivity contribution in [2.24, 2.45) is 0 Å². The van der Waals surface area contributed by atoms with E-state index in [4.69, 9.17) is 0 Å². The predicted octanol–water partition coefficient (Wildman–Crippen LogP) is 2.38. The lowest BCUT2D eigenvalue weighted by molar-refractivity contribution is 0.589. The van der Waals surface area contributed by atoms with Gasteiger partial charge in [0.2, 0.25) is 0 Å². The summed E-state index contributed by atoms with van der Waals surface area (Å²) < 4.78 is 0. The van der Waals surface area contributed by atoms with E-state index in [1.807, 2.05) is 12.4 Å². The van der Waals surface area contributed by atoms with E-state index < -0.39 is 0 Å². The fourth-order valence-electron chi connectivity index (χ4n) is 0.852. The molecule has 0 spiro atoms. The summed E-state index contributed by atoms with van der Waals surface area (Å²) in [6, 6.07) is 4.11. The number of rotatable bonds is 0. The largest absolute Gasteiger partial charge is 0.265 e. The predicted molar refractivity (Wildman–Crippen MR) is 42.9 cm³/mol. The molecular weight excluding hydrogens is 122 g/mol. The number of hydrogen-bond acceptors (Lipinski definition) is 1. The summed E-state index contributed by atoms with van der Waals surface area (Å²) in [6.07, 6.45) is 3.67. The van der Waals surface area contributed by atoms with Crippen molar-refractivity contribution in [3.05, 3.63) is 30.1 Å². The van der Waals surface area contributed by atoms with Crippen molar-refractivity contribution >= 4 is 0 Å². The summed E-state index contributed by atoms with van der Waals surface area (Å²) in [5.41, 5.74) is 1.59. The van der Waals surface area contributed by atoms with Crippen molar-refractivity contribution in [2.45, 2.75) is 26.2 Å². The molecule has 0 unspecified atom stereocenters. The maximum atomic E-state index is 3.96. The van der Waals surface area contributed by atoms with Crippen LogP contribution in [0.1, 0.15) is 26.3 Å². The van der Waals surface area contributed by atoms with Gasteiger partial charge in [-0.2, -0.15) is 0 Å². The molecule has 10 heavy (non-hydrogen) atoms. The zero-order chi connectivity index (χ0) is 7.61. The van der Waals surface area contributed by atoms with Crippen LogP contribution in [0.3, 0.4) is 0 Å². The molecule has 0 fully saturated rings. The van der Waals surface area contributed by atoms with Gasteiger partial charge < -0.3 is 0 Å². The van der Waals surface area contributed by atoms with Crippen LogP contribution < -0.4 is 0 Å². The first-order valence-corrected chi connectivity index (χ1v) is 3.51. The SMILES string of the molecule is CC(C)(C)c1ccncc1. The standard InChI is InChI=1S/C9H13N/c1-9(2,3)8-4-6-10-7-5-8/h4-7H,1-3H3. The van der Waals surface area contributed by atoms with Crippen molar-refractivity contribution in [2.75, 3.05) is 0 Å². The molecule has 1 heterocycles. The molecule has 0 radical (unpaired) electrons. The summed E-state index contributed by atoms with van der Waals surface area (Å²) in [7, 11) is 0. The van der Waals surface area contributed by atoms with Crippen LogP contribution in [0.2, 0.25) is 0 Å². The quantitative estimate of drug-likeness (QED) is 0.532. The smallest absolute Gasteiger partial charge is 0.0270 e. The second-order valence-electron chi connectivity index (χ2n) is 3.49. The molecule has 54 valence electrons. The molecule has 1 aromatic rings. The van der Waals surface area contributed by atoms with E-state index in [2.05, 4.69) is 37.9 Å². The summed E-state index contributed by atoms with van der Waals surface area (Å²) in [4.78, 5) is 3.96. The van der Waals surface area contributed by atoms with E-state index in [9.17, 15) is 0 Å². The molecule has 1 nitrogen and oxygen atoms in total. The highest BCUT2D eigenvalue weighted by atomic mass is 14.6. The van der Waals surface area contributed by atoms with E-state index in [1.165, 1.54) is 5.56 Å². The Morgan fingerprint density at radius 3 is 1.90 bits per heavy atom. The molecule has 1 heteroatoms. The first kappa shape index (κ1) is 7.26. The maximum Gasteiger partial charge on any atom is 0.0270 e. The molecule has 0 aliphatic rings. The highest BCUT2D eigenvalue weighted by Gasteiger charge is 2.11. The molecule has 0 saturated heterocycles. The zero-order valence-corrected chi connectivity index (χ0v) is 6.76. The molecular formula is C9H13N. The van der Waals surface area contributed by atoms with Crippen molar-refractivity contribution in [1.82, 2.24) is 4.98 Å². The zero-order valence-electron chi connectivity index (χ0n) is 6.76. The Balaban J connectivity index is 2.97. The van der Waals surface area contributed by atoms with Gasteiger partial charge in [0.05, 0.1) is 0 Å². The van der Waals surface area contributed by atoms with Gasteiger partial charge in [0.15, 0.2) is 0 Å². The first-order chi connectivity index (χ1) is 4.61. The Labute approximate surface area is 62.1 Å². The van der Waals surface area contributed by atoms with Crippen LogP contribution in [0.15, 0.2) is 24.5 Å². The average molecular weight is 135 g/mol. The summed E-state index contributed by atoms with van der Waals surface area (Å²) in [5.74, 6) is 0. The molecule has 0 atom stereocenters. The van der Waals surface area contributed by atoms with Crippen LogP contribution >= 0.6 is 0 Å². The Morgan fingerprint density at radius 2 is 1.60 bits per heavy atom. The molecule has 0 bridgehead atoms. The van der Waals surface area contributed by atoms with Crippen molar-refractivity contribution in [3.8, 4) is 0 Å². The molecule has 0 N–H and O–H groups in total. The van der Waals surface area contributed by atoms with E-state index >= 15 is 0 Å². The van der Waals surface area contributed by atoms with Gasteiger partial charge in [0.1, 0.15) is 0 Å². The fourth-order valence-corrected chi connectivity index (χ4v) is 0.852. The van der Waals surface area contributed by atoms with Gasteiger partial charge in [0, 0.05) is 12.4 Å². The second-order valence-corrected chi connectivity index (χ2v) is 3.49. The van der Waals surface area contributed by atoms with E-state index in [0.29, 0.717) is 0 Å². The van der Waals surface area contributed by atoms with Crippen LogP contribution in [-0.4, -0.2) is 4.98 Å². The van der Waals surface area contributed by atoms with Crippen LogP contribution in [0.25, 0.3) is 0 Å². The third kappa shape index (κ3) is 1.56. The maximum absolute atomic E-state index is 3.96. The summed E-state index contributed by atoms with van der Waals surface area (Å²) in [6.45, 7) is 6.59. The molecule has 1 rings (SSSR count). The number of hydrogen-bond donors (Lipinski definition) is 0. The van der Waals surface area contributed by atoms with E-state index in [-0.39, 0.29) is 5.41 Å². The van der Waals surface area contributed by atoms with Gasteiger partial charge in [-0.05, 0) is 23.1 Å². The van der Waals surface area contributed by atoms with Gasteiger partial charge in [0.25, 0.3) is 0 Å². The lowest BCUT2D eigenvalue weighted by Crippen LogP contribution is -2.10. The van der Waals surface area contributed by atoms with Crippen LogP contribution in [-0.2, 0) is 5.41 Å². The van der Waals surface area contributed by atoms with E-state index in [0.717, 1.165) is 0 Å². The highest BCUT2D eigenvalue weighted by molar-refractivity contribution is 5.18. The molecule has 0 saturated carbocycles. The van der Waals surface area contributed by atoms with Crippen LogP contribution in [0.4, 0.5) is 0 Å². The molecule has 0 aliphatic carbocycles. The molecule has 1 aromatic heterocycles. The van der Waals surface area contributed by atoms with Crippen molar-refractivity contribution < 1.29 is 0 Å². The van der Waals surface area contributed by atoms with Crippen LogP contribution in [0, 0.1) is 0 Å². The second kappa shape index (κ2) is 2.41. The molecule has 0 amide bonds. The minimum Gasteiger partial charge on any atom is -0.265 e. The minimum absolute atomic E-state index is 0.253. The van der Waals surface area contributed by atoms with Gasteiger partial charge in [-0.25, -0.2) is 0 Å². The topological polar surface area (TPSA) is 12.9 Å². The van der Waals surface area contributed by atoms with E-state index in [1.54, 1.807) is 0 Å². The third-order valence-corrected chi connectivity index (χ3v) is 1.55. The lowest BCUT2D eigenvalue weighted by atomic mass is 9.88. The van der Waals surface area contributed by atoms with Gasteiger partial charge in [-0.3, -0.25) is 4.98 Å². The van der Waals surface area contributed by atoms with Gasteiger partial charge in [-0.1, -0.05) is 20.8 Å². The van der Waals surface area contributed by atoms with Crippen LogP contribution in [0.5, 0.6) is 0 Å². The Bertz CT molecular complexity index is 196. The summed E-state index contributed by atoms with van der Waals surface area (Å²) in [5, 5.41) is 0. The summed E-state index contributed by atoms with van der Waals surface area (Å²) >= 11 is 0. The van der Waals surface area contributed by atoms with Gasteiger partial charge >= 0.3 is 0 Å². The van der Waals surface area contributed by atoms with Crippen molar-refractivity contribution in [3.63, 3.8) is 0 Å². The normalized spacial score (nSPS) is 11.5. The number of nitrogens with zero attached hydrogens (tertiary/aromatic N) is 1. The monoisotopic (exact) mass is 135 g/mol. The van der Waals surface area contributed by atoms with Crippen molar-refractivity contribution in [1.29, 1.82) is 0 Å². The Hall–Kier alpha value is -0.850. The highest BCUT2D eigenvalue weighted by Crippen LogP contribution is 2.20. The van der Waals surface area contributed by atoms with Gasteiger partial charge in [-0.15, -0.1) is 0 Å². The average Bonchev–Trinajstić information content (AvgIpc) is 1.88. The Morgan fingerprint density at radius 1 is 1.10 bits per heavy atom. The number of pyridine rings is 1. The minimum atomic E-state index is 0.253. The fraction of sp³-hybridized carbons (Fsp3) is 0.444. The molecule has 0 aliphatic heterocycles.